The van der Waals surface area contributed by atoms with Crippen LogP contribution in [0.15, 0.2) is 36.7 Å². The van der Waals surface area contributed by atoms with Gasteiger partial charge in [0.05, 0.1) is 0 Å². The van der Waals surface area contributed by atoms with Crippen LogP contribution >= 0.6 is 0 Å². The minimum Gasteiger partial charge on any atom is -0.296 e. The molecule has 2 fully saturated rings. The lowest BCUT2D eigenvalue weighted by Gasteiger charge is -2.49. The third-order valence-corrected chi connectivity index (χ3v) is 5.65. The first-order valence-electron chi connectivity index (χ1n) is 9.55. The van der Waals surface area contributed by atoms with Gasteiger partial charge in [0.15, 0.2) is 5.82 Å². The normalized spacial score (nSPS) is 22.7. The van der Waals surface area contributed by atoms with Crippen LogP contribution in [0.2, 0.25) is 0 Å². The molecule has 0 radical (unpaired) electrons. The van der Waals surface area contributed by atoms with E-state index in [9.17, 15) is 0 Å². The minimum atomic E-state index is 0.753. The van der Waals surface area contributed by atoms with Crippen LogP contribution in [0.3, 0.4) is 0 Å². The summed E-state index contributed by atoms with van der Waals surface area (Å²) >= 11 is 0. The van der Waals surface area contributed by atoms with E-state index in [1.54, 1.807) is 0 Å². The van der Waals surface area contributed by atoms with E-state index in [1.807, 2.05) is 12.4 Å². The van der Waals surface area contributed by atoms with Gasteiger partial charge in [-0.25, -0.2) is 9.97 Å². The van der Waals surface area contributed by atoms with Crippen molar-refractivity contribution in [1.82, 2.24) is 19.8 Å². The zero-order valence-corrected chi connectivity index (χ0v) is 15.4. The van der Waals surface area contributed by atoms with Gasteiger partial charge in [-0.15, -0.1) is 0 Å². The predicted molar refractivity (Wildman–Crippen MR) is 101 cm³/mol. The van der Waals surface area contributed by atoms with Gasteiger partial charge in [-0.1, -0.05) is 30.2 Å². The van der Waals surface area contributed by atoms with Crippen LogP contribution in [0.1, 0.15) is 37.3 Å². The first kappa shape index (κ1) is 16.7. The Morgan fingerprint density at radius 2 is 1.92 bits per heavy atom. The van der Waals surface area contributed by atoms with Crippen molar-refractivity contribution in [1.29, 1.82) is 0 Å². The van der Waals surface area contributed by atoms with Crippen molar-refractivity contribution in [2.45, 2.75) is 51.7 Å². The van der Waals surface area contributed by atoms with Crippen molar-refractivity contribution in [3.63, 3.8) is 0 Å². The van der Waals surface area contributed by atoms with Crippen LogP contribution in [0.4, 0.5) is 0 Å². The average Bonchev–Trinajstić information content (AvgIpc) is 2.59. The van der Waals surface area contributed by atoms with Crippen LogP contribution in [-0.2, 0) is 6.54 Å². The van der Waals surface area contributed by atoms with E-state index in [2.05, 4.69) is 57.9 Å². The molecule has 1 aromatic carbocycles. The molecule has 1 unspecified atom stereocenters. The Balaban J connectivity index is 1.32. The third-order valence-electron chi connectivity index (χ3n) is 5.65. The molecule has 1 atom stereocenters. The van der Waals surface area contributed by atoms with Gasteiger partial charge in [0, 0.05) is 55.2 Å². The number of aryl methyl sites for hydroxylation is 1. The molecule has 0 bridgehead atoms. The van der Waals surface area contributed by atoms with E-state index in [1.165, 1.54) is 50.0 Å². The number of likely N-dealkylation sites (tertiary alicyclic amines) is 2. The van der Waals surface area contributed by atoms with Gasteiger partial charge in [-0.2, -0.15) is 0 Å². The van der Waals surface area contributed by atoms with Gasteiger partial charge in [0.1, 0.15) is 0 Å². The molecule has 0 N–H and O–H groups in total. The zero-order valence-electron chi connectivity index (χ0n) is 15.4. The Bertz CT molecular complexity index is 706. The lowest BCUT2D eigenvalue weighted by molar-refractivity contribution is -0.00628. The second-order valence-electron chi connectivity index (χ2n) is 7.71. The van der Waals surface area contributed by atoms with E-state index < -0.39 is 0 Å². The molecular formula is C21H28N4. The van der Waals surface area contributed by atoms with Gasteiger partial charge in [0.25, 0.3) is 0 Å². The van der Waals surface area contributed by atoms with Crippen molar-refractivity contribution < 1.29 is 0 Å². The Hall–Kier alpha value is -1.78. The number of rotatable bonds is 4. The first-order valence-corrected chi connectivity index (χ1v) is 9.55. The number of piperidine rings is 1. The molecule has 1 aromatic heterocycles. The highest BCUT2D eigenvalue weighted by atomic mass is 15.3. The molecule has 132 valence electrons. The maximum Gasteiger partial charge on any atom is 0.159 e. The summed E-state index contributed by atoms with van der Waals surface area (Å²) in [5.74, 6) is 0.816. The Morgan fingerprint density at radius 3 is 2.64 bits per heavy atom. The molecule has 2 saturated heterocycles. The molecule has 0 saturated carbocycles. The summed E-state index contributed by atoms with van der Waals surface area (Å²) in [6, 6.07) is 9.88. The van der Waals surface area contributed by atoms with Crippen molar-refractivity contribution in [3.8, 4) is 11.4 Å². The molecule has 0 amide bonds. The molecule has 3 heterocycles. The first-order chi connectivity index (χ1) is 12.2. The largest absolute Gasteiger partial charge is 0.296 e. The molecule has 0 aliphatic carbocycles. The standard InChI is InChI=1S/C21H28N4/c1-16-6-5-8-19(10-16)21-22-11-18(12-23-21)13-24-14-20(15-24)25-9-4-3-7-17(25)2/h5-6,8,10-12,17,20H,3-4,7,9,13-15H2,1-2H3. The van der Waals surface area contributed by atoms with Gasteiger partial charge in [-0.3, -0.25) is 9.80 Å². The monoisotopic (exact) mass is 336 g/mol. The van der Waals surface area contributed by atoms with Crippen LogP contribution in [0, 0.1) is 6.92 Å². The maximum absolute atomic E-state index is 4.57. The molecule has 2 aliphatic heterocycles. The van der Waals surface area contributed by atoms with E-state index >= 15 is 0 Å². The molecule has 25 heavy (non-hydrogen) atoms. The Morgan fingerprint density at radius 1 is 1.12 bits per heavy atom. The zero-order chi connectivity index (χ0) is 17.2. The summed E-state index contributed by atoms with van der Waals surface area (Å²) in [6.45, 7) is 9.11. The van der Waals surface area contributed by atoms with Crippen LogP contribution in [-0.4, -0.2) is 51.5 Å². The van der Waals surface area contributed by atoms with Gasteiger partial charge >= 0.3 is 0 Å². The van der Waals surface area contributed by atoms with Crippen LogP contribution in [0.5, 0.6) is 0 Å². The average molecular weight is 336 g/mol. The molecule has 4 heteroatoms. The molecule has 2 aliphatic rings. The molecular weight excluding hydrogens is 308 g/mol. The highest BCUT2D eigenvalue weighted by Gasteiger charge is 2.34. The number of benzene rings is 1. The fourth-order valence-electron chi connectivity index (χ4n) is 4.17. The van der Waals surface area contributed by atoms with Crippen LogP contribution in [0.25, 0.3) is 11.4 Å². The third kappa shape index (κ3) is 3.75. The van der Waals surface area contributed by atoms with Crippen molar-refractivity contribution in [3.05, 3.63) is 47.8 Å². The summed E-state index contributed by atoms with van der Waals surface area (Å²) < 4.78 is 0. The summed E-state index contributed by atoms with van der Waals surface area (Å²) in [7, 11) is 0. The second-order valence-corrected chi connectivity index (χ2v) is 7.71. The van der Waals surface area contributed by atoms with E-state index in [0.29, 0.717) is 0 Å². The summed E-state index contributed by atoms with van der Waals surface area (Å²) in [6.07, 6.45) is 8.11. The molecule has 0 spiro atoms. The van der Waals surface area contributed by atoms with Crippen molar-refractivity contribution in [2.75, 3.05) is 19.6 Å². The van der Waals surface area contributed by atoms with Crippen LogP contribution < -0.4 is 0 Å². The summed E-state index contributed by atoms with van der Waals surface area (Å²) in [5, 5.41) is 0. The second kappa shape index (κ2) is 7.22. The van der Waals surface area contributed by atoms with E-state index in [-0.39, 0.29) is 0 Å². The molecule has 4 nitrogen and oxygen atoms in total. The number of hydrogen-bond acceptors (Lipinski definition) is 4. The molecule has 2 aromatic rings. The Kier molecular flexibility index (Phi) is 4.82. The summed E-state index contributed by atoms with van der Waals surface area (Å²) in [4.78, 5) is 14.4. The molecule has 4 rings (SSSR count). The van der Waals surface area contributed by atoms with Crippen molar-refractivity contribution in [2.24, 2.45) is 0 Å². The summed E-state index contributed by atoms with van der Waals surface area (Å²) in [5.41, 5.74) is 3.54. The van der Waals surface area contributed by atoms with Gasteiger partial charge in [-0.05, 0) is 39.3 Å². The topological polar surface area (TPSA) is 32.3 Å². The van der Waals surface area contributed by atoms with Gasteiger partial charge < -0.3 is 0 Å². The predicted octanol–water partition coefficient (Wildman–Crippen LogP) is 3.51. The number of hydrogen-bond donors (Lipinski definition) is 0. The van der Waals surface area contributed by atoms with E-state index in [0.717, 1.165) is 30.0 Å². The van der Waals surface area contributed by atoms with Gasteiger partial charge in [0.2, 0.25) is 0 Å². The maximum atomic E-state index is 4.57. The van der Waals surface area contributed by atoms with Crippen molar-refractivity contribution >= 4 is 0 Å². The lowest BCUT2D eigenvalue weighted by Crippen LogP contribution is -2.61. The smallest absolute Gasteiger partial charge is 0.159 e. The SMILES string of the molecule is Cc1cccc(-c2ncc(CN3CC(N4CCCCC4C)C3)cn2)c1. The Labute approximate surface area is 150 Å². The highest BCUT2D eigenvalue weighted by molar-refractivity contribution is 5.55. The number of nitrogens with zero attached hydrogens (tertiary/aromatic N) is 4. The quantitative estimate of drug-likeness (QED) is 0.855. The highest BCUT2D eigenvalue weighted by Crippen LogP contribution is 2.25. The minimum absolute atomic E-state index is 0.753. The fraction of sp³-hybridized carbons (Fsp3) is 0.524. The number of aromatic nitrogens is 2. The van der Waals surface area contributed by atoms with E-state index in [4.69, 9.17) is 0 Å². The fourth-order valence-corrected chi connectivity index (χ4v) is 4.17. The lowest BCUT2D eigenvalue weighted by atomic mass is 9.97.